The molecule has 0 saturated carbocycles. The lowest BCUT2D eigenvalue weighted by Gasteiger charge is -2.25. The normalized spacial score (nSPS) is 12.8. The van der Waals surface area contributed by atoms with E-state index in [2.05, 4.69) is 51.5 Å². The van der Waals surface area contributed by atoms with Gasteiger partial charge in [0, 0.05) is 25.9 Å². The number of hydrogen-bond acceptors (Lipinski definition) is 6. The third-order valence-corrected chi connectivity index (χ3v) is 11.9. The van der Waals surface area contributed by atoms with E-state index >= 15 is 0 Å². The van der Waals surface area contributed by atoms with E-state index in [9.17, 15) is 9.59 Å². The quantitative estimate of drug-likeness (QED) is 0.0453. The third kappa shape index (κ3) is 38.2. The third-order valence-electron chi connectivity index (χ3n) is 11.9. The molecule has 0 aromatic rings. The summed E-state index contributed by atoms with van der Waals surface area (Å²) in [5.74, 6) is 1.07. The number of esters is 2. The predicted molar refractivity (Wildman–Crippen MR) is 239 cm³/mol. The summed E-state index contributed by atoms with van der Waals surface area (Å²) < 4.78 is 11.7. The second-order valence-corrected chi connectivity index (χ2v) is 17.3. The molecule has 6 nitrogen and oxygen atoms in total. The molecule has 0 heterocycles. The van der Waals surface area contributed by atoms with Crippen LogP contribution in [0.3, 0.4) is 0 Å². The minimum atomic E-state index is 0.00163. The van der Waals surface area contributed by atoms with E-state index in [4.69, 9.17) is 9.47 Å². The summed E-state index contributed by atoms with van der Waals surface area (Å²) in [7, 11) is 2.20. The molecule has 0 aromatic carbocycles. The average Bonchev–Trinajstić information content (AvgIpc) is 3.19. The van der Waals surface area contributed by atoms with Crippen molar-refractivity contribution >= 4 is 11.9 Å². The van der Waals surface area contributed by atoms with Gasteiger partial charge in [0.05, 0.1) is 13.2 Å². The summed E-state index contributed by atoms with van der Waals surface area (Å²) in [6, 6.07) is 0. The van der Waals surface area contributed by atoms with Gasteiger partial charge >= 0.3 is 11.9 Å². The summed E-state index contributed by atoms with van der Waals surface area (Å²) >= 11 is 0. The molecule has 328 valence electrons. The van der Waals surface area contributed by atoms with Gasteiger partial charge in [-0.25, -0.2) is 0 Å². The van der Waals surface area contributed by atoms with Crippen LogP contribution in [0.25, 0.3) is 0 Å². The second kappa shape index (κ2) is 42.5. The molecule has 2 unspecified atom stereocenters. The summed E-state index contributed by atoms with van der Waals surface area (Å²) in [5.41, 5.74) is 0. The SMILES string of the molecule is CCCCCCCCC(CCCCCC)COC(=O)CCCCCN(CCCCCC(=O)OCC(CCCCCC)CCCCCCCC)CCN(C)CC. The van der Waals surface area contributed by atoms with Crippen molar-refractivity contribution in [3.05, 3.63) is 0 Å². The molecule has 55 heavy (non-hydrogen) atoms. The molecule has 0 amide bonds. The van der Waals surface area contributed by atoms with Gasteiger partial charge in [-0.3, -0.25) is 9.59 Å². The van der Waals surface area contributed by atoms with Crippen molar-refractivity contribution in [3.8, 4) is 0 Å². The minimum absolute atomic E-state index is 0.00163. The predicted octanol–water partition coefficient (Wildman–Crippen LogP) is 14.1. The highest BCUT2D eigenvalue weighted by atomic mass is 16.5. The van der Waals surface area contributed by atoms with Crippen molar-refractivity contribution in [1.29, 1.82) is 0 Å². The molecule has 0 saturated heterocycles. The first-order chi connectivity index (χ1) is 26.9. The molecule has 0 aliphatic carbocycles. The lowest BCUT2D eigenvalue weighted by molar-refractivity contribution is -0.146. The van der Waals surface area contributed by atoms with E-state index < -0.39 is 0 Å². The Labute approximate surface area is 344 Å². The Balaban J connectivity index is 4.48. The minimum Gasteiger partial charge on any atom is -0.465 e. The summed E-state index contributed by atoms with van der Waals surface area (Å²) in [4.78, 5) is 30.3. The topological polar surface area (TPSA) is 59.1 Å². The Morgan fingerprint density at radius 1 is 0.400 bits per heavy atom. The van der Waals surface area contributed by atoms with E-state index in [1.165, 1.54) is 154 Å². The molecule has 2 atom stereocenters. The Kier molecular flexibility index (Phi) is 41.6. The van der Waals surface area contributed by atoms with Gasteiger partial charge in [-0.05, 0) is 89.9 Å². The van der Waals surface area contributed by atoms with Gasteiger partial charge < -0.3 is 19.3 Å². The Bertz CT molecular complexity index is 750. The van der Waals surface area contributed by atoms with Gasteiger partial charge in [0.1, 0.15) is 0 Å². The monoisotopic (exact) mass is 779 g/mol. The standard InChI is InChI=1S/C49H98N2O4/c1-7-12-16-20-22-28-36-46(34-26-18-14-9-3)44-54-48(52)38-30-24-32-40-51(43-42-50(6)11-5)41-33-25-31-39-49(53)55-45-47(35-27-19-15-10-4)37-29-23-21-17-13-8-2/h46-47H,7-45H2,1-6H3. The maximum atomic E-state index is 12.7. The van der Waals surface area contributed by atoms with Gasteiger partial charge in [0.25, 0.3) is 0 Å². The fraction of sp³-hybridized carbons (Fsp3) is 0.959. The number of carbonyl (C=O) groups excluding carboxylic acids is 2. The lowest BCUT2D eigenvalue weighted by atomic mass is 9.95. The fourth-order valence-electron chi connectivity index (χ4n) is 7.70. The molecular weight excluding hydrogens is 681 g/mol. The van der Waals surface area contributed by atoms with Crippen molar-refractivity contribution in [2.24, 2.45) is 11.8 Å². The molecule has 0 aromatic heterocycles. The van der Waals surface area contributed by atoms with Gasteiger partial charge in [-0.1, -0.05) is 176 Å². The molecular formula is C49H98N2O4. The van der Waals surface area contributed by atoms with Crippen LogP contribution in [-0.2, 0) is 19.1 Å². The second-order valence-electron chi connectivity index (χ2n) is 17.3. The molecule has 0 N–H and O–H groups in total. The molecule has 6 heteroatoms. The Hall–Kier alpha value is -1.14. The van der Waals surface area contributed by atoms with Gasteiger partial charge in [0.15, 0.2) is 0 Å². The first kappa shape index (κ1) is 53.9. The van der Waals surface area contributed by atoms with Crippen LogP contribution in [0, 0.1) is 11.8 Å². The molecule has 0 rings (SSSR count). The number of nitrogens with zero attached hydrogens (tertiary/aromatic N) is 2. The average molecular weight is 779 g/mol. The zero-order chi connectivity index (χ0) is 40.5. The zero-order valence-electron chi connectivity index (χ0n) is 38.3. The van der Waals surface area contributed by atoms with Crippen LogP contribution >= 0.6 is 0 Å². The molecule has 0 bridgehead atoms. The molecule has 0 spiro atoms. The van der Waals surface area contributed by atoms with E-state index in [1.54, 1.807) is 0 Å². The van der Waals surface area contributed by atoms with Crippen LogP contribution in [0.1, 0.15) is 240 Å². The largest absolute Gasteiger partial charge is 0.465 e. The molecule has 0 radical (unpaired) electrons. The fourth-order valence-corrected chi connectivity index (χ4v) is 7.70. The van der Waals surface area contributed by atoms with Gasteiger partial charge in [0.2, 0.25) is 0 Å². The van der Waals surface area contributed by atoms with E-state index in [0.29, 0.717) is 37.9 Å². The van der Waals surface area contributed by atoms with Crippen molar-refractivity contribution in [2.75, 3.05) is 53.0 Å². The molecule has 0 fully saturated rings. The van der Waals surface area contributed by atoms with Crippen molar-refractivity contribution < 1.29 is 19.1 Å². The highest BCUT2D eigenvalue weighted by Crippen LogP contribution is 2.21. The maximum absolute atomic E-state index is 12.7. The number of likely N-dealkylation sites (N-methyl/N-ethyl adjacent to an activating group) is 1. The highest BCUT2D eigenvalue weighted by molar-refractivity contribution is 5.69. The Morgan fingerprint density at radius 3 is 1.09 bits per heavy atom. The van der Waals surface area contributed by atoms with Gasteiger partial charge in [-0.2, -0.15) is 0 Å². The smallest absolute Gasteiger partial charge is 0.305 e. The van der Waals surface area contributed by atoms with E-state index in [1.807, 2.05) is 0 Å². The summed E-state index contributed by atoms with van der Waals surface area (Å²) in [6.07, 6.45) is 38.3. The van der Waals surface area contributed by atoms with Gasteiger partial charge in [-0.15, -0.1) is 0 Å². The van der Waals surface area contributed by atoms with Crippen molar-refractivity contribution in [3.63, 3.8) is 0 Å². The number of hydrogen-bond donors (Lipinski definition) is 0. The van der Waals surface area contributed by atoms with E-state index in [-0.39, 0.29) is 11.9 Å². The first-order valence-corrected chi connectivity index (χ1v) is 24.6. The van der Waals surface area contributed by atoms with Crippen LogP contribution < -0.4 is 0 Å². The van der Waals surface area contributed by atoms with E-state index in [0.717, 1.165) is 71.2 Å². The summed E-state index contributed by atoms with van der Waals surface area (Å²) in [5, 5.41) is 0. The number of rotatable bonds is 44. The summed E-state index contributed by atoms with van der Waals surface area (Å²) in [6.45, 7) is 17.9. The number of unbranched alkanes of at least 4 members (excludes halogenated alkanes) is 20. The first-order valence-electron chi connectivity index (χ1n) is 24.6. The zero-order valence-corrected chi connectivity index (χ0v) is 38.3. The molecule has 0 aliphatic heterocycles. The van der Waals surface area contributed by atoms with Crippen LogP contribution in [0.15, 0.2) is 0 Å². The van der Waals surface area contributed by atoms with Crippen LogP contribution in [-0.4, -0.2) is 74.7 Å². The van der Waals surface area contributed by atoms with Crippen LogP contribution in [0.5, 0.6) is 0 Å². The van der Waals surface area contributed by atoms with Crippen molar-refractivity contribution in [1.82, 2.24) is 9.80 Å². The van der Waals surface area contributed by atoms with Crippen LogP contribution in [0.2, 0.25) is 0 Å². The highest BCUT2D eigenvalue weighted by Gasteiger charge is 2.14. The molecule has 0 aliphatic rings. The Morgan fingerprint density at radius 2 is 0.727 bits per heavy atom. The van der Waals surface area contributed by atoms with Crippen LogP contribution in [0.4, 0.5) is 0 Å². The number of carbonyl (C=O) groups is 2. The lowest BCUT2D eigenvalue weighted by Crippen LogP contribution is -2.34. The van der Waals surface area contributed by atoms with Crippen molar-refractivity contribution in [2.45, 2.75) is 240 Å². The number of ether oxygens (including phenoxy) is 2. The maximum Gasteiger partial charge on any atom is 0.305 e.